The predicted octanol–water partition coefficient (Wildman–Crippen LogP) is 7.97. The minimum absolute atomic E-state index is 0. The molecule has 0 aliphatic rings. The monoisotopic (exact) mass is 472 g/mol. The SMILES string of the molecule is O=C(OCCCCCCCCCCCCCCCS)[c-]1cccc1.[Fe].c1cc[cH-]c1. The van der Waals surface area contributed by atoms with E-state index in [9.17, 15) is 4.79 Å². The molecule has 30 heavy (non-hydrogen) atoms. The van der Waals surface area contributed by atoms with Crippen LogP contribution < -0.4 is 0 Å². The molecule has 0 unspecified atom stereocenters. The van der Waals surface area contributed by atoms with Gasteiger partial charge in [0.25, 0.3) is 5.97 Å². The molecule has 2 aromatic rings. The third-order valence-corrected chi connectivity index (χ3v) is 5.31. The van der Waals surface area contributed by atoms with Gasteiger partial charge < -0.3 is 4.74 Å². The molecular weight excluding hydrogens is 432 g/mol. The third-order valence-electron chi connectivity index (χ3n) is 4.99. The summed E-state index contributed by atoms with van der Waals surface area (Å²) < 4.78 is 5.25. The van der Waals surface area contributed by atoms with Gasteiger partial charge in [0.2, 0.25) is 0 Å². The predicted molar refractivity (Wildman–Crippen MR) is 128 cm³/mol. The molecule has 0 N–H and O–H groups in total. The first-order valence-corrected chi connectivity index (χ1v) is 12.1. The van der Waals surface area contributed by atoms with Gasteiger partial charge in [0.05, 0.1) is 6.61 Å². The molecule has 0 saturated carbocycles. The zero-order valence-electron chi connectivity index (χ0n) is 18.4. The van der Waals surface area contributed by atoms with Gasteiger partial charge in [0.1, 0.15) is 0 Å². The maximum atomic E-state index is 11.6. The number of esters is 1. The van der Waals surface area contributed by atoms with Crippen molar-refractivity contribution in [3.05, 3.63) is 60.2 Å². The fourth-order valence-corrected chi connectivity index (χ4v) is 3.46. The molecule has 172 valence electrons. The van der Waals surface area contributed by atoms with Crippen molar-refractivity contribution in [3.63, 3.8) is 0 Å². The molecule has 0 radical (unpaired) electrons. The number of rotatable bonds is 16. The largest absolute Gasteiger partial charge is 0.471 e. The molecule has 0 aliphatic carbocycles. The van der Waals surface area contributed by atoms with Crippen LogP contribution in [0.15, 0.2) is 54.6 Å². The van der Waals surface area contributed by atoms with E-state index in [4.69, 9.17) is 4.74 Å². The second-order valence-corrected chi connectivity index (χ2v) is 8.04. The molecule has 0 amide bonds. The minimum atomic E-state index is -0.189. The van der Waals surface area contributed by atoms with Gasteiger partial charge in [0.15, 0.2) is 0 Å². The van der Waals surface area contributed by atoms with Gasteiger partial charge in [0, 0.05) is 17.1 Å². The smallest absolute Gasteiger partial charge is 0.281 e. The average molecular weight is 473 g/mol. The first-order chi connectivity index (χ1) is 14.3. The van der Waals surface area contributed by atoms with Crippen LogP contribution in [0.3, 0.4) is 0 Å². The van der Waals surface area contributed by atoms with Gasteiger partial charge in [-0.15, -0.1) is 0 Å². The Hall–Kier alpha value is -0.961. The van der Waals surface area contributed by atoms with Crippen LogP contribution in [0.2, 0.25) is 0 Å². The van der Waals surface area contributed by atoms with Crippen molar-refractivity contribution in [2.24, 2.45) is 0 Å². The van der Waals surface area contributed by atoms with E-state index in [-0.39, 0.29) is 23.0 Å². The zero-order valence-corrected chi connectivity index (χ0v) is 20.4. The Kier molecular flexibility index (Phi) is 22.0. The van der Waals surface area contributed by atoms with Crippen LogP contribution in [0.25, 0.3) is 0 Å². The maximum Gasteiger partial charge on any atom is 0.281 e. The van der Waals surface area contributed by atoms with Crippen LogP contribution >= 0.6 is 12.6 Å². The van der Waals surface area contributed by atoms with Crippen LogP contribution in [-0.2, 0) is 21.8 Å². The molecule has 0 aliphatic heterocycles. The summed E-state index contributed by atoms with van der Waals surface area (Å²) in [6.07, 6.45) is 17.1. The zero-order chi connectivity index (χ0) is 20.8. The summed E-state index contributed by atoms with van der Waals surface area (Å²) in [6, 6.07) is 17.3. The van der Waals surface area contributed by atoms with Crippen molar-refractivity contribution in [1.82, 2.24) is 0 Å². The van der Waals surface area contributed by atoms with Crippen LogP contribution in [-0.4, -0.2) is 18.3 Å². The molecular formula is C26H40FeO2S-2. The topological polar surface area (TPSA) is 26.3 Å². The Bertz CT molecular complexity index is 534. The number of carbonyl (C=O) groups excluding carboxylic acids is 1. The van der Waals surface area contributed by atoms with E-state index >= 15 is 0 Å². The number of carbonyl (C=O) groups is 1. The summed E-state index contributed by atoms with van der Waals surface area (Å²) in [5, 5.41) is 0. The van der Waals surface area contributed by atoms with Gasteiger partial charge in [-0.25, -0.2) is 24.3 Å². The normalized spacial score (nSPS) is 10.0. The van der Waals surface area contributed by atoms with Gasteiger partial charge in [-0.1, -0.05) is 76.2 Å². The molecule has 2 aromatic carbocycles. The van der Waals surface area contributed by atoms with Gasteiger partial charge in [-0.3, -0.25) is 4.79 Å². The number of hydrogen-bond donors (Lipinski definition) is 1. The number of unbranched alkanes of at least 4 members (excludes halogenated alkanes) is 12. The van der Waals surface area contributed by atoms with E-state index < -0.39 is 0 Å². The molecule has 0 atom stereocenters. The molecule has 0 aromatic heterocycles. The molecule has 0 bridgehead atoms. The number of hydrogen-bond acceptors (Lipinski definition) is 3. The summed E-state index contributed by atoms with van der Waals surface area (Å²) in [5.74, 6) is 0.849. The first kappa shape index (κ1) is 29.0. The second-order valence-electron chi connectivity index (χ2n) is 7.59. The van der Waals surface area contributed by atoms with Crippen LogP contribution in [0.5, 0.6) is 0 Å². The van der Waals surface area contributed by atoms with E-state index in [1.165, 1.54) is 77.0 Å². The summed E-state index contributed by atoms with van der Waals surface area (Å²) in [5.41, 5.74) is 0.664. The summed E-state index contributed by atoms with van der Waals surface area (Å²) >= 11 is 4.24. The molecule has 0 spiro atoms. The van der Waals surface area contributed by atoms with E-state index in [0.717, 1.165) is 12.2 Å². The first-order valence-electron chi connectivity index (χ1n) is 11.5. The number of thiol groups is 1. The maximum absolute atomic E-state index is 11.6. The Morgan fingerprint density at radius 2 is 1.13 bits per heavy atom. The standard InChI is InChI=1S/C21H35O2S.C5H5.Fe/c22-21(20-16-12-13-17-20)23-18-14-10-8-6-4-2-1-3-5-7-9-11-15-19-24;1-2-4-5-3-1;/h12-13,16-17,24H,1-11,14-15,18-19H2;1-5H;/q2*-1;. The van der Waals surface area contributed by atoms with Crippen LogP contribution in [0, 0.1) is 0 Å². The molecule has 0 heterocycles. The van der Waals surface area contributed by atoms with Crippen molar-refractivity contribution in [2.45, 2.75) is 83.5 Å². The van der Waals surface area contributed by atoms with Crippen LogP contribution in [0.1, 0.15) is 93.8 Å². The van der Waals surface area contributed by atoms with Gasteiger partial charge in [-0.05, 0) is 18.6 Å². The molecule has 4 heteroatoms. The van der Waals surface area contributed by atoms with Crippen molar-refractivity contribution in [2.75, 3.05) is 12.4 Å². The van der Waals surface area contributed by atoms with Crippen molar-refractivity contribution in [1.29, 1.82) is 0 Å². The summed E-state index contributed by atoms with van der Waals surface area (Å²) in [7, 11) is 0. The third kappa shape index (κ3) is 17.9. The van der Waals surface area contributed by atoms with E-state index in [0.29, 0.717) is 12.2 Å². The minimum Gasteiger partial charge on any atom is -0.471 e. The quantitative estimate of drug-likeness (QED) is 0.0882. The number of ether oxygens (including phenoxy) is 1. The Morgan fingerprint density at radius 1 is 0.700 bits per heavy atom. The van der Waals surface area contributed by atoms with E-state index in [1.54, 1.807) is 12.1 Å². The Balaban J connectivity index is 0.00000122. The molecule has 0 saturated heterocycles. The molecule has 0 fully saturated rings. The van der Waals surface area contributed by atoms with Crippen molar-refractivity contribution in [3.8, 4) is 0 Å². The Morgan fingerprint density at radius 3 is 1.53 bits per heavy atom. The molecule has 2 nitrogen and oxygen atoms in total. The fourth-order valence-electron chi connectivity index (χ4n) is 3.24. The molecule has 2 rings (SSSR count). The van der Waals surface area contributed by atoms with Gasteiger partial charge in [-0.2, -0.15) is 43.0 Å². The van der Waals surface area contributed by atoms with Crippen LogP contribution in [0.4, 0.5) is 0 Å². The van der Waals surface area contributed by atoms with Crippen molar-refractivity contribution < 1.29 is 26.6 Å². The summed E-state index contributed by atoms with van der Waals surface area (Å²) in [6.45, 7) is 0.553. The average Bonchev–Trinajstić information content (AvgIpc) is 3.47. The van der Waals surface area contributed by atoms with E-state index in [1.807, 2.05) is 42.5 Å². The second kappa shape index (κ2) is 22.7. The summed E-state index contributed by atoms with van der Waals surface area (Å²) in [4.78, 5) is 11.6. The Labute approximate surface area is 200 Å². The van der Waals surface area contributed by atoms with Crippen molar-refractivity contribution >= 4 is 18.6 Å². The van der Waals surface area contributed by atoms with E-state index in [2.05, 4.69) is 12.6 Å². The van der Waals surface area contributed by atoms with Gasteiger partial charge >= 0.3 is 0 Å². The fraction of sp³-hybridized carbons (Fsp3) is 0.577.